The minimum absolute atomic E-state index is 0.250. The van der Waals surface area contributed by atoms with E-state index in [1.807, 2.05) is 6.07 Å². The molecule has 7 aromatic carbocycles. The van der Waals surface area contributed by atoms with Crippen molar-refractivity contribution < 1.29 is 0 Å². The van der Waals surface area contributed by atoms with Crippen LogP contribution in [0.4, 0.5) is 0 Å². The van der Waals surface area contributed by atoms with Gasteiger partial charge in [-0.05, 0) is 56.3 Å². The van der Waals surface area contributed by atoms with Crippen molar-refractivity contribution in [1.29, 1.82) is 0 Å². The molecular weight excluding hydrogens is 607 g/mol. The molecule has 1 aliphatic rings. The molecule has 0 spiro atoms. The lowest BCUT2D eigenvalue weighted by Gasteiger charge is -2.24. The van der Waals surface area contributed by atoms with Gasteiger partial charge in [0.05, 0.1) is 16.7 Å². The summed E-state index contributed by atoms with van der Waals surface area (Å²) in [6.07, 6.45) is 0. The average molecular weight is 640 g/mol. The van der Waals surface area contributed by atoms with E-state index in [0.717, 1.165) is 28.2 Å². The van der Waals surface area contributed by atoms with Crippen LogP contribution in [0.3, 0.4) is 0 Å². The summed E-state index contributed by atoms with van der Waals surface area (Å²) in [5, 5.41) is 5.01. The van der Waals surface area contributed by atoms with Crippen molar-refractivity contribution in [1.82, 2.24) is 14.5 Å². The lowest BCUT2D eigenvalue weighted by Crippen LogP contribution is -2.17. The van der Waals surface area contributed by atoms with Crippen LogP contribution in [0.2, 0.25) is 0 Å². The van der Waals surface area contributed by atoms with E-state index in [0.29, 0.717) is 5.82 Å². The van der Waals surface area contributed by atoms with E-state index in [2.05, 4.69) is 176 Å². The molecule has 0 aliphatic heterocycles. The number of rotatable bonds is 4. The minimum Gasteiger partial charge on any atom is -0.293 e. The van der Waals surface area contributed by atoms with Crippen molar-refractivity contribution in [3.63, 3.8) is 0 Å². The summed E-state index contributed by atoms with van der Waals surface area (Å²) in [7, 11) is 0. The predicted octanol–water partition coefficient (Wildman–Crippen LogP) is 12.0. The summed E-state index contributed by atoms with van der Waals surface area (Å²) < 4.78 is 2.43. The molecule has 0 atom stereocenters. The topological polar surface area (TPSA) is 30.7 Å². The van der Waals surface area contributed by atoms with Crippen LogP contribution >= 0.6 is 0 Å². The number of hydrogen-bond donors (Lipinski definition) is 0. The molecule has 1 aliphatic carbocycles. The van der Waals surface area contributed by atoms with Crippen molar-refractivity contribution in [3.8, 4) is 50.7 Å². The Bertz CT molecular complexity index is 2700. The van der Waals surface area contributed by atoms with E-state index >= 15 is 0 Å². The van der Waals surface area contributed by atoms with Crippen LogP contribution in [-0.4, -0.2) is 14.5 Å². The first-order valence-corrected chi connectivity index (χ1v) is 17.3. The lowest BCUT2D eigenvalue weighted by molar-refractivity contribution is 0.664. The van der Waals surface area contributed by atoms with Gasteiger partial charge in [0.2, 0.25) is 0 Å². The fourth-order valence-corrected chi connectivity index (χ4v) is 8.31. The molecule has 2 heterocycles. The number of fused-ring (bicyclic) bond motifs is 10. The third-order valence-corrected chi connectivity index (χ3v) is 10.6. The molecule has 0 saturated heterocycles. The smallest absolute Gasteiger partial charge is 0.162 e. The number of hydrogen-bond acceptors (Lipinski definition) is 2. The maximum atomic E-state index is 5.41. The van der Waals surface area contributed by atoms with Gasteiger partial charge in [-0.1, -0.05) is 159 Å². The van der Waals surface area contributed by atoms with Crippen LogP contribution in [-0.2, 0) is 5.41 Å². The molecular formula is C47H33N3. The zero-order valence-electron chi connectivity index (χ0n) is 27.9. The second kappa shape index (κ2) is 10.8. The minimum atomic E-state index is -0.250. The summed E-state index contributed by atoms with van der Waals surface area (Å²) in [5.41, 5.74) is 12.7. The van der Waals surface area contributed by atoms with E-state index in [-0.39, 0.29) is 5.41 Å². The quantitative estimate of drug-likeness (QED) is 0.192. The summed E-state index contributed by atoms with van der Waals surface area (Å²) >= 11 is 0. The van der Waals surface area contributed by atoms with Gasteiger partial charge in [0, 0.05) is 33.4 Å². The van der Waals surface area contributed by atoms with Crippen molar-refractivity contribution in [3.05, 3.63) is 175 Å². The first kappa shape index (κ1) is 28.7. The Morgan fingerprint density at radius 3 is 1.86 bits per heavy atom. The van der Waals surface area contributed by atoms with Crippen LogP contribution in [0.5, 0.6) is 0 Å². The van der Waals surface area contributed by atoms with Crippen molar-refractivity contribution >= 4 is 32.6 Å². The summed E-state index contributed by atoms with van der Waals surface area (Å²) in [4.78, 5) is 10.6. The number of nitrogens with zero attached hydrogens (tertiary/aromatic N) is 3. The van der Waals surface area contributed by atoms with Gasteiger partial charge in [-0.3, -0.25) is 4.57 Å². The summed E-state index contributed by atoms with van der Waals surface area (Å²) in [6.45, 7) is 4.77. The zero-order chi connectivity index (χ0) is 33.4. The van der Waals surface area contributed by atoms with Gasteiger partial charge in [0.15, 0.2) is 5.82 Å². The van der Waals surface area contributed by atoms with Gasteiger partial charge in [-0.2, -0.15) is 0 Å². The monoisotopic (exact) mass is 639 g/mol. The molecule has 50 heavy (non-hydrogen) atoms. The predicted molar refractivity (Wildman–Crippen MR) is 208 cm³/mol. The van der Waals surface area contributed by atoms with Gasteiger partial charge in [0.25, 0.3) is 0 Å². The van der Waals surface area contributed by atoms with E-state index in [1.54, 1.807) is 0 Å². The number of benzene rings is 7. The largest absolute Gasteiger partial charge is 0.293 e. The lowest BCUT2D eigenvalue weighted by atomic mass is 9.80. The highest BCUT2D eigenvalue weighted by Gasteiger charge is 2.40. The molecule has 9 aromatic rings. The van der Waals surface area contributed by atoms with Crippen molar-refractivity contribution in [2.24, 2.45) is 0 Å². The normalized spacial score (nSPS) is 13.2. The highest BCUT2D eigenvalue weighted by Crippen LogP contribution is 2.56. The van der Waals surface area contributed by atoms with Gasteiger partial charge in [0.1, 0.15) is 5.82 Å². The molecule has 0 bridgehead atoms. The van der Waals surface area contributed by atoms with Crippen molar-refractivity contribution in [2.75, 3.05) is 0 Å². The molecule has 0 unspecified atom stereocenters. The van der Waals surface area contributed by atoms with Crippen LogP contribution in [0.15, 0.2) is 164 Å². The van der Waals surface area contributed by atoms with Crippen LogP contribution in [0.1, 0.15) is 25.0 Å². The van der Waals surface area contributed by atoms with E-state index in [1.165, 1.54) is 60.4 Å². The molecule has 2 aromatic heterocycles. The van der Waals surface area contributed by atoms with Crippen LogP contribution in [0, 0.1) is 0 Å². The second-order valence-corrected chi connectivity index (χ2v) is 13.8. The maximum Gasteiger partial charge on any atom is 0.162 e. The van der Waals surface area contributed by atoms with Gasteiger partial charge >= 0.3 is 0 Å². The Balaban J connectivity index is 1.41. The Morgan fingerprint density at radius 1 is 0.500 bits per heavy atom. The number of aromatic nitrogens is 3. The molecule has 0 radical (unpaired) electrons. The third-order valence-electron chi connectivity index (χ3n) is 10.6. The Hall–Kier alpha value is -6.32. The SMILES string of the molecule is CC1(C)c2ccccc2-c2c1c1c(c3ccccc23)c2cc(-c3ccccc3)ccc2n1-c1cc(-c2ccccc2)nc(-c2ccccc2)n1. The van der Waals surface area contributed by atoms with Gasteiger partial charge in [-0.25, -0.2) is 9.97 Å². The molecule has 0 N–H and O–H groups in total. The van der Waals surface area contributed by atoms with E-state index in [4.69, 9.17) is 9.97 Å². The first-order valence-electron chi connectivity index (χ1n) is 17.3. The van der Waals surface area contributed by atoms with Gasteiger partial charge < -0.3 is 0 Å². The molecule has 3 nitrogen and oxygen atoms in total. The second-order valence-electron chi connectivity index (χ2n) is 13.8. The first-order chi connectivity index (χ1) is 24.6. The van der Waals surface area contributed by atoms with Gasteiger partial charge in [-0.15, -0.1) is 0 Å². The Kier molecular flexibility index (Phi) is 6.22. The Morgan fingerprint density at radius 2 is 1.12 bits per heavy atom. The molecule has 236 valence electrons. The molecule has 10 rings (SSSR count). The van der Waals surface area contributed by atoms with Crippen LogP contribution < -0.4 is 0 Å². The standard InChI is InChI=1S/C47H33N3/c1-47(2)38-25-15-14-24-36(38)42-34-22-12-13-23-35(34)43-37-28-33(30-16-6-3-7-17-30)26-27-40(37)50(45(43)44(42)47)41-29-39(31-18-8-4-9-19-31)48-46(49-41)32-20-10-5-11-21-32/h3-29H,1-2H3. The molecule has 0 amide bonds. The van der Waals surface area contributed by atoms with E-state index in [9.17, 15) is 0 Å². The molecule has 0 fully saturated rings. The van der Waals surface area contributed by atoms with E-state index < -0.39 is 0 Å². The highest BCUT2D eigenvalue weighted by molar-refractivity contribution is 6.27. The maximum absolute atomic E-state index is 5.41. The molecule has 0 saturated carbocycles. The Labute approximate surface area is 291 Å². The van der Waals surface area contributed by atoms with Crippen molar-refractivity contribution in [2.45, 2.75) is 19.3 Å². The summed E-state index contributed by atoms with van der Waals surface area (Å²) in [5.74, 6) is 1.56. The van der Waals surface area contributed by atoms with Crippen LogP contribution in [0.25, 0.3) is 83.3 Å². The fourth-order valence-electron chi connectivity index (χ4n) is 8.31. The summed E-state index contributed by atoms with van der Waals surface area (Å²) in [6, 6.07) is 58.5. The fraction of sp³-hybridized carbons (Fsp3) is 0.0638. The molecule has 3 heteroatoms. The average Bonchev–Trinajstić information content (AvgIpc) is 3.64. The highest BCUT2D eigenvalue weighted by atomic mass is 15.1. The third kappa shape index (κ3) is 4.17. The zero-order valence-corrected chi connectivity index (χ0v) is 27.9.